The van der Waals surface area contributed by atoms with E-state index in [4.69, 9.17) is 4.74 Å². The van der Waals surface area contributed by atoms with Crippen molar-refractivity contribution in [3.8, 4) is 0 Å². The van der Waals surface area contributed by atoms with Gasteiger partial charge in [-0.2, -0.15) is 0 Å². The molecule has 0 fully saturated rings. The van der Waals surface area contributed by atoms with Crippen LogP contribution in [0.25, 0.3) is 0 Å². The van der Waals surface area contributed by atoms with Crippen LogP contribution in [0.3, 0.4) is 0 Å². The SMILES string of the molecule is CCOC(=O)c1cnccc1NNc1ccccc1. The fraction of sp³-hybridized carbons (Fsp3) is 0.143. The minimum absolute atomic E-state index is 0.333. The normalized spacial score (nSPS) is 9.74. The highest BCUT2D eigenvalue weighted by Crippen LogP contribution is 2.15. The third-order valence-electron chi connectivity index (χ3n) is 2.43. The Kier molecular flexibility index (Phi) is 4.34. The van der Waals surface area contributed by atoms with Crippen LogP contribution < -0.4 is 10.9 Å². The molecule has 0 aliphatic heterocycles. The van der Waals surface area contributed by atoms with Crippen LogP contribution in [0.4, 0.5) is 11.4 Å². The Hall–Kier alpha value is -2.56. The number of esters is 1. The molecule has 2 aromatic rings. The summed E-state index contributed by atoms with van der Waals surface area (Å²) in [6.07, 6.45) is 3.09. The predicted molar refractivity (Wildman–Crippen MR) is 73.9 cm³/mol. The fourth-order valence-electron chi connectivity index (χ4n) is 1.54. The lowest BCUT2D eigenvalue weighted by molar-refractivity contribution is 0.0527. The van der Waals surface area contributed by atoms with Gasteiger partial charge in [-0.1, -0.05) is 18.2 Å². The molecule has 0 spiro atoms. The van der Waals surface area contributed by atoms with Crippen LogP contribution in [0.1, 0.15) is 17.3 Å². The molecule has 1 heterocycles. The Bertz CT molecular complexity index is 543. The molecule has 98 valence electrons. The van der Waals surface area contributed by atoms with Crippen LogP contribution in [0.15, 0.2) is 48.8 Å². The molecule has 0 atom stereocenters. The van der Waals surface area contributed by atoms with Gasteiger partial charge in [0.2, 0.25) is 0 Å². The predicted octanol–water partition coefficient (Wildman–Crippen LogP) is 2.70. The third-order valence-corrected chi connectivity index (χ3v) is 2.43. The smallest absolute Gasteiger partial charge is 0.341 e. The van der Waals surface area contributed by atoms with E-state index < -0.39 is 5.97 Å². The molecule has 0 unspecified atom stereocenters. The maximum atomic E-state index is 11.7. The topological polar surface area (TPSA) is 63.2 Å². The van der Waals surface area contributed by atoms with Crippen molar-refractivity contribution in [2.24, 2.45) is 0 Å². The maximum absolute atomic E-state index is 11.7. The summed E-state index contributed by atoms with van der Waals surface area (Å²) in [7, 11) is 0. The molecule has 5 heteroatoms. The Labute approximate surface area is 111 Å². The van der Waals surface area contributed by atoms with Gasteiger partial charge in [-0.15, -0.1) is 0 Å². The van der Waals surface area contributed by atoms with Crippen LogP contribution in [-0.4, -0.2) is 17.6 Å². The summed E-state index contributed by atoms with van der Waals surface area (Å²) in [6.45, 7) is 2.10. The number of para-hydroxylation sites is 1. The molecule has 2 rings (SSSR count). The summed E-state index contributed by atoms with van der Waals surface area (Å²) in [5.41, 5.74) is 7.91. The van der Waals surface area contributed by atoms with Gasteiger partial charge in [0.05, 0.1) is 18.0 Å². The van der Waals surface area contributed by atoms with Gasteiger partial charge in [-0.05, 0) is 25.1 Å². The van der Waals surface area contributed by atoms with Gasteiger partial charge in [0.25, 0.3) is 0 Å². The van der Waals surface area contributed by atoms with E-state index in [9.17, 15) is 4.79 Å². The van der Waals surface area contributed by atoms with E-state index in [-0.39, 0.29) is 0 Å². The van der Waals surface area contributed by atoms with Crippen molar-refractivity contribution in [1.82, 2.24) is 4.98 Å². The molecule has 0 saturated carbocycles. The molecule has 0 radical (unpaired) electrons. The van der Waals surface area contributed by atoms with Gasteiger partial charge >= 0.3 is 5.97 Å². The Morgan fingerprint density at radius 3 is 2.74 bits per heavy atom. The molecule has 1 aromatic carbocycles. The highest BCUT2D eigenvalue weighted by Gasteiger charge is 2.12. The second-order valence-electron chi connectivity index (χ2n) is 3.76. The van der Waals surface area contributed by atoms with Crippen molar-refractivity contribution in [1.29, 1.82) is 0 Å². The number of anilines is 2. The average molecular weight is 257 g/mol. The minimum atomic E-state index is -0.395. The molecule has 19 heavy (non-hydrogen) atoms. The number of nitrogens with zero attached hydrogens (tertiary/aromatic N) is 1. The third kappa shape index (κ3) is 3.45. The first-order valence-corrected chi connectivity index (χ1v) is 5.99. The van der Waals surface area contributed by atoms with Crippen LogP contribution in [-0.2, 0) is 4.74 Å². The van der Waals surface area contributed by atoms with Crippen molar-refractivity contribution >= 4 is 17.3 Å². The van der Waals surface area contributed by atoms with Crippen molar-refractivity contribution in [3.63, 3.8) is 0 Å². The highest BCUT2D eigenvalue weighted by atomic mass is 16.5. The van der Waals surface area contributed by atoms with E-state index in [0.29, 0.717) is 17.9 Å². The number of rotatable bonds is 5. The number of pyridine rings is 1. The zero-order chi connectivity index (χ0) is 13.5. The zero-order valence-corrected chi connectivity index (χ0v) is 10.6. The number of carbonyl (C=O) groups is 1. The first kappa shape index (κ1) is 12.9. The zero-order valence-electron chi connectivity index (χ0n) is 10.6. The fourth-order valence-corrected chi connectivity index (χ4v) is 1.54. The molecular formula is C14H15N3O2. The molecule has 5 nitrogen and oxygen atoms in total. The number of hydrogen-bond donors (Lipinski definition) is 2. The second-order valence-corrected chi connectivity index (χ2v) is 3.76. The Morgan fingerprint density at radius 1 is 1.21 bits per heavy atom. The number of carbonyl (C=O) groups excluding carboxylic acids is 1. The van der Waals surface area contributed by atoms with E-state index in [1.54, 1.807) is 19.2 Å². The monoisotopic (exact) mass is 257 g/mol. The van der Waals surface area contributed by atoms with Crippen molar-refractivity contribution < 1.29 is 9.53 Å². The summed E-state index contributed by atoms with van der Waals surface area (Å²) in [5, 5.41) is 0. The summed E-state index contributed by atoms with van der Waals surface area (Å²) in [4.78, 5) is 15.7. The molecule has 0 saturated heterocycles. The summed E-state index contributed by atoms with van der Waals surface area (Å²) >= 11 is 0. The van der Waals surface area contributed by atoms with Gasteiger partial charge in [0, 0.05) is 12.4 Å². The van der Waals surface area contributed by atoms with Gasteiger partial charge in [-0.3, -0.25) is 10.4 Å². The first-order chi connectivity index (χ1) is 9.31. The van der Waals surface area contributed by atoms with Gasteiger partial charge in [-0.25, -0.2) is 4.79 Å². The first-order valence-electron chi connectivity index (χ1n) is 5.99. The van der Waals surface area contributed by atoms with Crippen molar-refractivity contribution in [2.75, 3.05) is 17.5 Å². The number of ether oxygens (including phenoxy) is 1. The molecular weight excluding hydrogens is 242 g/mol. The van der Waals surface area contributed by atoms with Gasteiger partial charge < -0.3 is 10.2 Å². The van der Waals surface area contributed by atoms with Gasteiger partial charge in [0.15, 0.2) is 0 Å². The number of benzene rings is 1. The summed E-state index contributed by atoms with van der Waals surface area (Å²) in [6, 6.07) is 11.3. The number of nitrogens with one attached hydrogen (secondary N) is 2. The van der Waals surface area contributed by atoms with E-state index in [1.807, 2.05) is 30.3 Å². The molecule has 0 amide bonds. The maximum Gasteiger partial charge on any atom is 0.341 e. The van der Waals surface area contributed by atoms with Crippen LogP contribution in [0.2, 0.25) is 0 Å². The second kappa shape index (κ2) is 6.39. The largest absolute Gasteiger partial charge is 0.462 e. The highest BCUT2D eigenvalue weighted by molar-refractivity contribution is 5.95. The molecule has 1 aromatic heterocycles. The Balaban J connectivity index is 2.10. The Morgan fingerprint density at radius 2 is 2.00 bits per heavy atom. The van der Waals surface area contributed by atoms with E-state index >= 15 is 0 Å². The quantitative estimate of drug-likeness (QED) is 0.637. The molecule has 2 N–H and O–H groups in total. The average Bonchev–Trinajstić information content (AvgIpc) is 2.47. The lowest BCUT2D eigenvalue weighted by Crippen LogP contribution is -2.14. The number of aromatic nitrogens is 1. The lowest BCUT2D eigenvalue weighted by Gasteiger charge is -2.12. The summed E-state index contributed by atoms with van der Waals surface area (Å²) < 4.78 is 4.97. The van der Waals surface area contributed by atoms with Crippen LogP contribution in [0.5, 0.6) is 0 Å². The van der Waals surface area contributed by atoms with E-state index in [1.165, 1.54) is 6.20 Å². The molecule has 0 aliphatic rings. The summed E-state index contributed by atoms with van der Waals surface area (Å²) in [5.74, 6) is -0.395. The number of hydrazine groups is 1. The lowest BCUT2D eigenvalue weighted by atomic mass is 10.2. The molecule has 0 bridgehead atoms. The number of hydrogen-bond acceptors (Lipinski definition) is 5. The van der Waals surface area contributed by atoms with Crippen LogP contribution >= 0.6 is 0 Å². The van der Waals surface area contributed by atoms with Crippen molar-refractivity contribution in [2.45, 2.75) is 6.92 Å². The molecule has 0 aliphatic carbocycles. The minimum Gasteiger partial charge on any atom is -0.462 e. The standard InChI is InChI=1S/C14H15N3O2/c1-2-19-14(18)12-10-15-9-8-13(12)17-16-11-6-4-3-5-7-11/h3-10,16H,2H2,1H3,(H,15,17). The van der Waals surface area contributed by atoms with Crippen LogP contribution in [0, 0.1) is 0 Å². The van der Waals surface area contributed by atoms with Crippen molar-refractivity contribution in [3.05, 3.63) is 54.4 Å². The van der Waals surface area contributed by atoms with E-state index in [2.05, 4.69) is 15.8 Å². The van der Waals surface area contributed by atoms with Gasteiger partial charge in [0.1, 0.15) is 5.56 Å². The van der Waals surface area contributed by atoms with E-state index in [0.717, 1.165) is 5.69 Å².